The van der Waals surface area contributed by atoms with Crippen molar-refractivity contribution in [3.63, 3.8) is 0 Å². The first kappa shape index (κ1) is 14.2. The second kappa shape index (κ2) is 5.69. The van der Waals surface area contributed by atoms with Gasteiger partial charge in [0.25, 0.3) is 5.69 Å². The van der Waals surface area contributed by atoms with E-state index in [1.807, 2.05) is 24.3 Å². The molecule has 0 bridgehead atoms. The number of rotatable bonds is 4. The van der Waals surface area contributed by atoms with Crippen LogP contribution in [-0.4, -0.2) is 33.1 Å². The van der Waals surface area contributed by atoms with Crippen molar-refractivity contribution in [1.82, 2.24) is 15.0 Å². The number of hydrogen-bond donors (Lipinski definition) is 1. The molecule has 0 amide bonds. The highest BCUT2D eigenvalue weighted by Gasteiger charge is 2.22. The lowest BCUT2D eigenvalue weighted by molar-refractivity contribution is -0.384. The van der Waals surface area contributed by atoms with E-state index in [4.69, 9.17) is 9.47 Å². The first-order chi connectivity index (χ1) is 11.7. The number of ether oxygens (including phenoxy) is 2. The SMILES string of the molecule is O=[N+]([O-])c1cc2c(cc1NCn1nnc3ccccc31)OCCO2. The number of nitro groups is 1. The number of aromatic nitrogens is 3. The van der Waals surface area contributed by atoms with Crippen LogP contribution in [0.25, 0.3) is 11.0 Å². The van der Waals surface area contributed by atoms with Crippen molar-refractivity contribution < 1.29 is 14.4 Å². The van der Waals surface area contributed by atoms with E-state index in [9.17, 15) is 10.1 Å². The first-order valence-corrected chi connectivity index (χ1v) is 7.32. The van der Waals surface area contributed by atoms with Crippen LogP contribution in [0, 0.1) is 10.1 Å². The Kier molecular flexibility index (Phi) is 3.38. The average molecular weight is 327 g/mol. The molecule has 0 spiro atoms. The molecule has 2 aromatic carbocycles. The van der Waals surface area contributed by atoms with Crippen LogP contribution in [0.15, 0.2) is 36.4 Å². The summed E-state index contributed by atoms with van der Waals surface area (Å²) in [6.07, 6.45) is 0. The van der Waals surface area contributed by atoms with Crippen molar-refractivity contribution in [2.75, 3.05) is 18.5 Å². The number of benzene rings is 2. The van der Waals surface area contributed by atoms with Gasteiger partial charge < -0.3 is 14.8 Å². The van der Waals surface area contributed by atoms with Crippen LogP contribution in [0.4, 0.5) is 11.4 Å². The molecule has 1 N–H and O–H groups in total. The number of anilines is 1. The fourth-order valence-electron chi connectivity index (χ4n) is 2.56. The maximum Gasteiger partial charge on any atom is 0.296 e. The molecule has 1 aromatic heterocycles. The molecule has 0 aliphatic carbocycles. The van der Waals surface area contributed by atoms with Gasteiger partial charge in [-0.1, -0.05) is 17.3 Å². The minimum atomic E-state index is -0.458. The Morgan fingerprint density at radius 1 is 1.21 bits per heavy atom. The number of nitrogens with zero attached hydrogens (tertiary/aromatic N) is 4. The van der Waals surface area contributed by atoms with Gasteiger partial charge in [0.15, 0.2) is 11.5 Å². The molecule has 1 aliphatic rings. The summed E-state index contributed by atoms with van der Waals surface area (Å²) in [6, 6.07) is 10.4. The lowest BCUT2D eigenvalue weighted by atomic mass is 10.2. The van der Waals surface area contributed by atoms with Gasteiger partial charge in [0.05, 0.1) is 16.5 Å². The third-order valence-corrected chi connectivity index (χ3v) is 3.70. The smallest absolute Gasteiger partial charge is 0.296 e. The van der Waals surface area contributed by atoms with Crippen LogP contribution in [0.1, 0.15) is 0 Å². The van der Waals surface area contributed by atoms with E-state index in [1.54, 1.807) is 10.7 Å². The van der Waals surface area contributed by atoms with Gasteiger partial charge in [0.1, 0.15) is 31.1 Å². The molecule has 0 saturated carbocycles. The van der Waals surface area contributed by atoms with E-state index in [2.05, 4.69) is 15.6 Å². The summed E-state index contributed by atoms with van der Waals surface area (Å²) in [6.45, 7) is 1.03. The summed E-state index contributed by atoms with van der Waals surface area (Å²) >= 11 is 0. The van der Waals surface area contributed by atoms with Gasteiger partial charge in [-0.05, 0) is 12.1 Å². The molecule has 2 heterocycles. The predicted octanol–water partition coefficient (Wildman–Crippen LogP) is 2.18. The van der Waals surface area contributed by atoms with E-state index in [-0.39, 0.29) is 12.4 Å². The molecule has 3 aromatic rings. The van der Waals surface area contributed by atoms with Crippen LogP contribution in [0.5, 0.6) is 11.5 Å². The van der Waals surface area contributed by atoms with E-state index in [0.29, 0.717) is 30.4 Å². The van der Waals surface area contributed by atoms with Gasteiger partial charge in [-0.3, -0.25) is 10.1 Å². The second-order valence-electron chi connectivity index (χ2n) is 5.18. The van der Waals surface area contributed by atoms with Crippen LogP contribution in [0.2, 0.25) is 0 Å². The van der Waals surface area contributed by atoms with Crippen molar-refractivity contribution in [2.45, 2.75) is 6.67 Å². The van der Waals surface area contributed by atoms with Gasteiger partial charge >= 0.3 is 0 Å². The summed E-state index contributed by atoms with van der Waals surface area (Å²) in [4.78, 5) is 10.9. The highest BCUT2D eigenvalue weighted by atomic mass is 16.6. The molecular weight excluding hydrogens is 314 g/mol. The minimum absolute atomic E-state index is 0.0799. The number of nitro benzene ring substituents is 1. The molecule has 24 heavy (non-hydrogen) atoms. The predicted molar refractivity (Wildman–Crippen MR) is 85.2 cm³/mol. The van der Waals surface area contributed by atoms with Crippen LogP contribution in [0.3, 0.4) is 0 Å². The van der Waals surface area contributed by atoms with Crippen molar-refractivity contribution in [2.24, 2.45) is 0 Å². The zero-order valence-corrected chi connectivity index (χ0v) is 12.5. The Hall–Kier alpha value is -3.36. The summed E-state index contributed by atoms with van der Waals surface area (Å²) in [7, 11) is 0. The summed E-state index contributed by atoms with van der Waals surface area (Å²) in [5.41, 5.74) is 1.86. The third-order valence-electron chi connectivity index (χ3n) is 3.70. The Labute approximate surface area is 135 Å². The van der Waals surface area contributed by atoms with Gasteiger partial charge in [-0.25, -0.2) is 4.68 Å². The van der Waals surface area contributed by atoms with Gasteiger partial charge in [0, 0.05) is 6.07 Å². The number of nitrogens with one attached hydrogen (secondary N) is 1. The summed E-state index contributed by atoms with van der Waals surface area (Å²) in [5.74, 6) is 0.863. The van der Waals surface area contributed by atoms with E-state index in [1.165, 1.54) is 6.07 Å². The van der Waals surface area contributed by atoms with Crippen molar-refractivity contribution in [1.29, 1.82) is 0 Å². The third kappa shape index (κ3) is 2.45. The molecule has 9 nitrogen and oxygen atoms in total. The van der Waals surface area contributed by atoms with E-state index >= 15 is 0 Å². The van der Waals surface area contributed by atoms with Crippen molar-refractivity contribution in [3.8, 4) is 11.5 Å². The quantitative estimate of drug-likeness (QED) is 0.578. The highest BCUT2D eigenvalue weighted by molar-refractivity contribution is 5.74. The Bertz CT molecular complexity index is 923. The standard InChI is InChI=1S/C15H13N5O4/c21-20(22)13-8-15-14(23-5-6-24-15)7-11(13)16-9-19-12-4-2-1-3-10(12)17-18-19/h1-4,7-8,16H,5-6,9H2. The topological polar surface area (TPSA) is 104 Å². The lowest BCUT2D eigenvalue weighted by Gasteiger charge is -2.19. The van der Waals surface area contributed by atoms with Gasteiger partial charge in [0.2, 0.25) is 0 Å². The van der Waals surface area contributed by atoms with Gasteiger partial charge in [-0.2, -0.15) is 0 Å². The maximum absolute atomic E-state index is 11.3. The van der Waals surface area contributed by atoms with Crippen LogP contribution >= 0.6 is 0 Å². The molecule has 122 valence electrons. The largest absolute Gasteiger partial charge is 0.486 e. The molecule has 1 aliphatic heterocycles. The number of para-hydroxylation sites is 1. The monoisotopic (exact) mass is 327 g/mol. The minimum Gasteiger partial charge on any atom is -0.486 e. The second-order valence-corrected chi connectivity index (χ2v) is 5.18. The molecule has 4 rings (SSSR count). The number of hydrogen-bond acceptors (Lipinski definition) is 7. The molecule has 0 fully saturated rings. The van der Waals surface area contributed by atoms with Crippen LogP contribution in [-0.2, 0) is 6.67 Å². The van der Waals surface area contributed by atoms with Crippen molar-refractivity contribution in [3.05, 3.63) is 46.5 Å². The molecule has 9 heteroatoms. The molecule has 0 unspecified atom stereocenters. The Balaban J connectivity index is 1.65. The zero-order chi connectivity index (χ0) is 16.5. The zero-order valence-electron chi connectivity index (χ0n) is 12.5. The van der Waals surface area contributed by atoms with E-state index < -0.39 is 4.92 Å². The van der Waals surface area contributed by atoms with Crippen LogP contribution < -0.4 is 14.8 Å². The molecule has 0 saturated heterocycles. The summed E-state index contributed by atoms with van der Waals surface area (Å²) < 4.78 is 12.5. The maximum atomic E-state index is 11.3. The van der Waals surface area contributed by atoms with E-state index in [0.717, 1.165) is 11.0 Å². The Morgan fingerprint density at radius 2 is 1.96 bits per heavy atom. The molecular formula is C15H13N5O4. The fourth-order valence-corrected chi connectivity index (χ4v) is 2.56. The van der Waals surface area contributed by atoms with Gasteiger partial charge in [-0.15, -0.1) is 5.10 Å². The average Bonchev–Trinajstić information content (AvgIpc) is 3.02. The molecule has 0 radical (unpaired) electrons. The lowest BCUT2D eigenvalue weighted by Crippen LogP contribution is -2.16. The first-order valence-electron chi connectivity index (χ1n) is 7.32. The summed E-state index contributed by atoms with van der Waals surface area (Å²) in [5, 5.41) is 22.4. The highest BCUT2D eigenvalue weighted by Crippen LogP contribution is 2.39. The van der Waals surface area contributed by atoms with Crippen molar-refractivity contribution >= 4 is 22.4 Å². The number of fused-ring (bicyclic) bond motifs is 2. The molecule has 0 atom stereocenters. The fraction of sp³-hybridized carbons (Fsp3) is 0.200. The Morgan fingerprint density at radius 3 is 2.75 bits per heavy atom. The normalized spacial score (nSPS) is 13.0.